The van der Waals surface area contributed by atoms with Gasteiger partial charge in [0.1, 0.15) is 0 Å². The summed E-state index contributed by atoms with van der Waals surface area (Å²) in [7, 11) is 0. The smallest absolute Gasteiger partial charge is 0.224 e. The lowest BCUT2D eigenvalue weighted by Gasteiger charge is -2.31. The first-order valence-corrected chi connectivity index (χ1v) is 9.13. The molecule has 1 fully saturated rings. The molecule has 25 heavy (non-hydrogen) atoms. The van der Waals surface area contributed by atoms with E-state index in [0.29, 0.717) is 13.0 Å². The molecule has 1 aliphatic rings. The molecule has 1 amide bonds. The normalized spacial score (nSPS) is 19.0. The van der Waals surface area contributed by atoms with E-state index in [1.165, 1.54) is 11.1 Å². The molecule has 1 aromatic heterocycles. The van der Waals surface area contributed by atoms with Gasteiger partial charge in [-0.05, 0) is 30.5 Å². The number of carbonyl (C=O) groups excluding carboxylic acids is 1. The molecule has 0 bridgehead atoms. The van der Waals surface area contributed by atoms with Gasteiger partial charge in [0.05, 0.1) is 5.69 Å². The third-order valence-electron chi connectivity index (χ3n) is 5.03. The molecule has 4 nitrogen and oxygen atoms in total. The molecule has 0 unspecified atom stereocenters. The van der Waals surface area contributed by atoms with Crippen LogP contribution in [-0.2, 0) is 17.9 Å². The largest absolute Gasteiger partial charge is 0.334 e. The molecule has 132 valence electrons. The highest BCUT2D eigenvalue weighted by Gasteiger charge is 2.28. The first-order chi connectivity index (χ1) is 12.2. The highest BCUT2D eigenvalue weighted by Crippen LogP contribution is 2.19. The van der Waals surface area contributed by atoms with Crippen molar-refractivity contribution < 1.29 is 4.79 Å². The highest BCUT2D eigenvalue weighted by molar-refractivity contribution is 5.77. The van der Waals surface area contributed by atoms with Crippen LogP contribution in [0, 0.1) is 6.92 Å². The maximum Gasteiger partial charge on any atom is 0.224 e. The van der Waals surface area contributed by atoms with Gasteiger partial charge in [-0.15, -0.1) is 0 Å². The van der Waals surface area contributed by atoms with E-state index < -0.39 is 0 Å². The van der Waals surface area contributed by atoms with Gasteiger partial charge in [-0.25, -0.2) is 0 Å². The fourth-order valence-corrected chi connectivity index (χ4v) is 3.48. The van der Waals surface area contributed by atoms with E-state index in [-0.39, 0.29) is 11.9 Å². The molecule has 1 aromatic carbocycles. The Morgan fingerprint density at radius 2 is 1.92 bits per heavy atom. The zero-order valence-electron chi connectivity index (χ0n) is 15.2. The molecule has 0 N–H and O–H groups in total. The minimum atomic E-state index is 0.249. The Balaban J connectivity index is 1.73. The Morgan fingerprint density at radius 3 is 2.64 bits per heavy atom. The summed E-state index contributed by atoms with van der Waals surface area (Å²) in [4.78, 5) is 21.7. The van der Waals surface area contributed by atoms with Crippen LogP contribution in [0.5, 0.6) is 0 Å². The second-order valence-electron chi connectivity index (χ2n) is 6.82. The Hall–Kier alpha value is -2.20. The van der Waals surface area contributed by atoms with E-state index in [1.807, 2.05) is 30.5 Å². The van der Waals surface area contributed by atoms with Crippen molar-refractivity contribution in [3.8, 4) is 0 Å². The summed E-state index contributed by atoms with van der Waals surface area (Å²) in [6, 6.07) is 14.6. The van der Waals surface area contributed by atoms with Crippen molar-refractivity contribution in [1.82, 2.24) is 14.8 Å². The minimum Gasteiger partial charge on any atom is -0.334 e. The van der Waals surface area contributed by atoms with E-state index in [9.17, 15) is 4.79 Å². The molecule has 0 radical (unpaired) electrons. The number of amides is 1. The predicted octanol–water partition coefficient (Wildman–Crippen LogP) is 3.40. The summed E-state index contributed by atoms with van der Waals surface area (Å²) in [5, 5.41) is 0. The fourth-order valence-electron chi connectivity index (χ4n) is 3.48. The van der Waals surface area contributed by atoms with Crippen LogP contribution in [0.1, 0.15) is 36.6 Å². The summed E-state index contributed by atoms with van der Waals surface area (Å²) >= 11 is 0. The van der Waals surface area contributed by atoms with Gasteiger partial charge >= 0.3 is 0 Å². The maximum absolute atomic E-state index is 12.7. The van der Waals surface area contributed by atoms with E-state index in [2.05, 4.69) is 46.8 Å². The fraction of sp³-hybridized carbons (Fsp3) is 0.429. The molecular weight excluding hydrogens is 310 g/mol. The lowest BCUT2D eigenvalue weighted by atomic mass is 10.1. The van der Waals surface area contributed by atoms with Crippen LogP contribution in [0.15, 0.2) is 48.7 Å². The third kappa shape index (κ3) is 4.45. The van der Waals surface area contributed by atoms with Gasteiger partial charge < -0.3 is 4.90 Å². The van der Waals surface area contributed by atoms with E-state index in [4.69, 9.17) is 0 Å². The van der Waals surface area contributed by atoms with Crippen molar-refractivity contribution in [2.24, 2.45) is 0 Å². The molecular formula is C21H27N3O. The average Bonchev–Trinajstić information content (AvgIpc) is 2.78. The van der Waals surface area contributed by atoms with Crippen LogP contribution < -0.4 is 0 Å². The molecule has 0 aliphatic carbocycles. The highest BCUT2D eigenvalue weighted by atomic mass is 16.2. The Labute approximate surface area is 150 Å². The first-order valence-electron chi connectivity index (χ1n) is 9.13. The van der Waals surface area contributed by atoms with Gasteiger partial charge in [0.25, 0.3) is 0 Å². The van der Waals surface area contributed by atoms with Crippen molar-refractivity contribution in [3.63, 3.8) is 0 Å². The molecule has 2 heterocycles. The van der Waals surface area contributed by atoms with Gasteiger partial charge in [-0.1, -0.05) is 43.3 Å². The lowest BCUT2D eigenvalue weighted by Crippen LogP contribution is -2.42. The number of aryl methyl sites for hydroxylation is 1. The second kappa shape index (κ2) is 8.26. The molecule has 4 heteroatoms. The van der Waals surface area contributed by atoms with E-state index in [0.717, 1.165) is 31.7 Å². The van der Waals surface area contributed by atoms with Gasteiger partial charge in [-0.2, -0.15) is 0 Å². The second-order valence-corrected chi connectivity index (χ2v) is 6.82. The van der Waals surface area contributed by atoms with Gasteiger partial charge in [0.15, 0.2) is 0 Å². The Morgan fingerprint density at radius 1 is 1.12 bits per heavy atom. The maximum atomic E-state index is 12.7. The van der Waals surface area contributed by atoms with Crippen LogP contribution in [0.4, 0.5) is 0 Å². The monoisotopic (exact) mass is 337 g/mol. The molecule has 1 aliphatic heterocycles. The number of aromatic nitrogens is 1. The Bertz CT molecular complexity index is 701. The average molecular weight is 337 g/mol. The SMILES string of the molecule is CC[C@@H]1CN(Cc2ncccc2C)CCC(=O)N1Cc1ccccc1. The number of benzene rings is 1. The summed E-state index contributed by atoms with van der Waals surface area (Å²) in [5.74, 6) is 0.260. The van der Waals surface area contributed by atoms with Crippen molar-refractivity contribution in [2.75, 3.05) is 13.1 Å². The first kappa shape index (κ1) is 17.6. The topological polar surface area (TPSA) is 36.4 Å². The van der Waals surface area contributed by atoms with Crippen LogP contribution in [0.2, 0.25) is 0 Å². The molecule has 2 aromatic rings. The molecule has 1 saturated heterocycles. The third-order valence-corrected chi connectivity index (χ3v) is 5.03. The van der Waals surface area contributed by atoms with E-state index >= 15 is 0 Å². The Kier molecular flexibility index (Phi) is 5.82. The van der Waals surface area contributed by atoms with Crippen molar-refractivity contribution >= 4 is 5.91 Å². The summed E-state index contributed by atoms with van der Waals surface area (Å²) < 4.78 is 0. The van der Waals surface area contributed by atoms with Gasteiger partial charge in [-0.3, -0.25) is 14.7 Å². The number of carbonyl (C=O) groups is 1. The number of hydrogen-bond donors (Lipinski definition) is 0. The lowest BCUT2D eigenvalue weighted by molar-refractivity contribution is -0.133. The quantitative estimate of drug-likeness (QED) is 0.839. The molecule has 0 saturated carbocycles. The summed E-state index contributed by atoms with van der Waals surface area (Å²) in [6.45, 7) is 7.50. The predicted molar refractivity (Wildman–Crippen MR) is 99.9 cm³/mol. The number of pyridine rings is 1. The van der Waals surface area contributed by atoms with E-state index in [1.54, 1.807) is 0 Å². The zero-order chi connectivity index (χ0) is 17.6. The minimum absolute atomic E-state index is 0.249. The standard InChI is InChI=1S/C21H27N3O/c1-3-19-15-23(16-20-17(2)8-7-12-22-20)13-11-21(25)24(19)14-18-9-5-4-6-10-18/h4-10,12,19H,3,11,13-16H2,1-2H3/t19-/m1/s1. The number of nitrogens with zero attached hydrogens (tertiary/aromatic N) is 3. The van der Waals surface area contributed by atoms with Gasteiger partial charge in [0.2, 0.25) is 5.91 Å². The molecule has 3 rings (SSSR count). The number of hydrogen-bond acceptors (Lipinski definition) is 3. The molecule has 1 atom stereocenters. The van der Waals surface area contributed by atoms with Crippen molar-refractivity contribution in [2.45, 2.75) is 45.8 Å². The van der Waals surface area contributed by atoms with Crippen LogP contribution in [-0.4, -0.2) is 39.8 Å². The summed E-state index contributed by atoms with van der Waals surface area (Å²) in [6.07, 6.45) is 3.40. The van der Waals surface area contributed by atoms with Crippen molar-refractivity contribution in [3.05, 3.63) is 65.5 Å². The molecule has 0 spiro atoms. The van der Waals surface area contributed by atoms with Crippen molar-refractivity contribution in [1.29, 1.82) is 0 Å². The number of rotatable bonds is 5. The van der Waals surface area contributed by atoms with Crippen LogP contribution in [0.3, 0.4) is 0 Å². The zero-order valence-corrected chi connectivity index (χ0v) is 15.2. The summed E-state index contributed by atoms with van der Waals surface area (Å²) in [5.41, 5.74) is 3.52. The van der Waals surface area contributed by atoms with Crippen LogP contribution in [0.25, 0.3) is 0 Å². The van der Waals surface area contributed by atoms with Gasteiger partial charge in [0, 0.05) is 44.8 Å². The van der Waals surface area contributed by atoms with Crippen LogP contribution >= 0.6 is 0 Å².